The van der Waals surface area contributed by atoms with Gasteiger partial charge in [-0.25, -0.2) is 4.39 Å². The van der Waals surface area contributed by atoms with Crippen LogP contribution in [0.5, 0.6) is 0 Å². The Kier molecular flexibility index (Phi) is 2.93. The number of rotatable bonds is 2. The van der Waals surface area contributed by atoms with Gasteiger partial charge in [-0.05, 0) is 17.2 Å². The number of nitrogens with zero attached hydrogens (tertiary/aromatic N) is 2. The molecule has 0 saturated carbocycles. The minimum Gasteiger partial charge on any atom is -0.262 e. The Morgan fingerprint density at radius 3 is 2.56 bits per heavy atom. The van der Waals surface area contributed by atoms with Gasteiger partial charge in [0.15, 0.2) is 0 Å². The molecule has 0 bridgehead atoms. The second kappa shape index (κ2) is 4.54. The number of nitriles is 1. The molecular formula is C13H9FN2. The SMILES string of the molecule is N#CCc1ccc(-c2ccncc2F)cc1. The van der Waals surface area contributed by atoms with E-state index in [1.54, 1.807) is 12.3 Å². The summed E-state index contributed by atoms with van der Waals surface area (Å²) in [4.78, 5) is 3.70. The molecule has 3 heteroatoms. The molecule has 2 rings (SSSR count). The first kappa shape index (κ1) is 10.3. The van der Waals surface area contributed by atoms with Crippen molar-refractivity contribution in [3.63, 3.8) is 0 Å². The van der Waals surface area contributed by atoms with Crippen LogP contribution in [0.15, 0.2) is 42.7 Å². The minimum absolute atomic E-state index is 0.337. The van der Waals surface area contributed by atoms with Gasteiger partial charge >= 0.3 is 0 Å². The second-order valence-electron chi connectivity index (χ2n) is 3.39. The third kappa shape index (κ3) is 2.06. The van der Waals surface area contributed by atoms with E-state index < -0.39 is 0 Å². The lowest BCUT2D eigenvalue weighted by molar-refractivity contribution is 0.625. The Bertz CT molecular complexity index is 526. The van der Waals surface area contributed by atoms with Crippen LogP contribution in [0.4, 0.5) is 4.39 Å². The van der Waals surface area contributed by atoms with Crippen LogP contribution in [0.25, 0.3) is 11.1 Å². The summed E-state index contributed by atoms with van der Waals surface area (Å²) in [6, 6.07) is 11.0. The summed E-state index contributed by atoms with van der Waals surface area (Å²) >= 11 is 0. The highest BCUT2D eigenvalue weighted by molar-refractivity contribution is 5.63. The van der Waals surface area contributed by atoms with Crippen LogP contribution < -0.4 is 0 Å². The molecule has 2 aromatic rings. The largest absolute Gasteiger partial charge is 0.262 e. The molecule has 16 heavy (non-hydrogen) atoms. The van der Waals surface area contributed by atoms with Gasteiger partial charge in [0.2, 0.25) is 0 Å². The molecule has 0 saturated heterocycles. The minimum atomic E-state index is -0.337. The fourth-order valence-corrected chi connectivity index (χ4v) is 1.50. The van der Waals surface area contributed by atoms with E-state index in [0.29, 0.717) is 12.0 Å². The van der Waals surface area contributed by atoms with E-state index in [-0.39, 0.29) is 5.82 Å². The molecule has 0 aliphatic heterocycles. The summed E-state index contributed by atoms with van der Waals surface area (Å²) in [5.41, 5.74) is 2.25. The number of hydrogen-bond donors (Lipinski definition) is 0. The van der Waals surface area contributed by atoms with E-state index in [9.17, 15) is 4.39 Å². The average Bonchev–Trinajstić information content (AvgIpc) is 2.31. The molecule has 0 spiro atoms. The number of hydrogen-bond acceptors (Lipinski definition) is 2. The number of pyridine rings is 1. The zero-order valence-electron chi connectivity index (χ0n) is 8.52. The Morgan fingerprint density at radius 2 is 1.94 bits per heavy atom. The van der Waals surface area contributed by atoms with Crippen LogP contribution in [-0.2, 0) is 6.42 Å². The summed E-state index contributed by atoms with van der Waals surface area (Å²) < 4.78 is 13.4. The highest BCUT2D eigenvalue weighted by Crippen LogP contribution is 2.21. The molecule has 0 aliphatic carbocycles. The number of halogens is 1. The zero-order chi connectivity index (χ0) is 11.4. The quantitative estimate of drug-likeness (QED) is 0.767. The van der Waals surface area contributed by atoms with Gasteiger partial charge in [-0.15, -0.1) is 0 Å². The van der Waals surface area contributed by atoms with Crippen LogP contribution >= 0.6 is 0 Å². The van der Waals surface area contributed by atoms with Gasteiger partial charge in [-0.3, -0.25) is 4.98 Å². The summed E-state index contributed by atoms with van der Waals surface area (Å²) in [5.74, 6) is -0.337. The topological polar surface area (TPSA) is 36.7 Å². The van der Waals surface area contributed by atoms with E-state index in [4.69, 9.17) is 5.26 Å². The molecule has 0 unspecified atom stereocenters. The molecule has 0 aliphatic rings. The van der Waals surface area contributed by atoms with Crippen LogP contribution in [0.1, 0.15) is 5.56 Å². The van der Waals surface area contributed by atoms with Crippen molar-refractivity contribution in [1.29, 1.82) is 5.26 Å². The summed E-state index contributed by atoms with van der Waals surface area (Å²) in [5, 5.41) is 8.53. The van der Waals surface area contributed by atoms with Gasteiger partial charge < -0.3 is 0 Å². The van der Waals surface area contributed by atoms with Crippen molar-refractivity contribution in [2.24, 2.45) is 0 Å². The third-order valence-corrected chi connectivity index (χ3v) is 2.32. The summed E-state index contributed by atoms with van der Waals surface area (Å²) in [7, 11) is 0. The van der Waals surface area contributed by atoms with E-state index in [0.717, 1.165) is 11.1 Å². The second-order valence-corrected chi connectivity index (χ2v) is 3.39. The maximum atomic E-state index is 13.4. The smallest absolute Gasteiger partial charge is 0.149 e. The highest BCUT2D eigenvalue weighted by atomic mass is 19.1. The molecule has 78 valence electrons. The van der Waals surface area contributed by atoms with Gasteiger partial charge in [-0.1, -0.05) is 24.3 Å². The lowest BCUT2D eigenvalue weighted by atomic mass is 10.0. The Balaban J connectivity index is 2.36. The Morgan fingerprint density at radius 1 is 1.19 bits per heavy atom. The molecule has 0 radical (unpaired) electrons. The fraction of sp³-hybridized carbons (Fsp3) is 0.0769. The van der Waals surface area contributed by atoms with Crippen molar-refractivity contribution < 1.29 is 4.39 Å². The maximum absolute atomic E-state index is 13.4. The van der Waals surface area contributed by atoms with E-state index in [1.165, 1.54) is 6.20 Å². The molecule has 1 heterocycles. The van der Waals surface area contributed by atoms with Crippen LogP contribution in [0.3, 0.4) is 0 Å². The van der Waals surface area contributed by atoms with E-state index in [1.807, 2.05) is 24.3 Å². The van der Waals surface area contributed by atoms with Gasteiger partial charge in [-0.2, -0.15) is 5.26 Å². The molecule has 0 atom stereocenters. The van der Waals surface area contributed by atoms with Crippen molar-refractivity contribution in [3.8, 4) is 17.2 Å². The number of aromatic nitrogens is 1. The predicted molar refractivity (Wildman–Crippen MR) is 58.9 cm³/mol. The van der Waals surface area contributed by atoms with Crippen molar-refractivity contribution in [3.05, 3.63) is 54.1 Å². The molecular weight excluding hydrogens is 203 g/mol. The van der Waals surface area contributed by atoms with Crippen molar-refractivity contribution in [2.75, 3.05) is 0 Å². The van der Waals surface area contributed by atoms with Crippen molar-refractivity contribution in [2.45, 2.75) is 6.42 Å². The van der Waals surface area contributed by atoms with E-state index in [2.05, 4.69) is 11.1 Å². The maximum Gasteiger partial charge on any atom is 0.149 e. The Hall–Kier alpha value is -2.21. The first-order valence-electron chi connectivity index (χ1n) is 4.87. The van der Waals surface area contributed by atoms with Crippen molar-refractivity contribution in [1.82, 2.24) is 4.98 Å². The van der Waals surface area contributed by atoms with Gasteiger partial charge in [0.1, 0.15) is 5.82 Å². The first-order valence-corrected chi connectivity index (χ1v) is 4.87. The predicted octanol–water partition coefficient (Wildman–Crippen LogP) is 2.95. The van der Waals surface area contributed by atoms with Gasteiger partial charge in [0.05, 0.1) is 18.7 Å². The molecule has 2 nitrogen and oxygen atoms in total. The zero-order valence-corrected chi connectivity index (χ0v) is 8.52. The summed E-state index contributed by atoms with van der Waals surface area (Å²) in [6.07, 6.45) is 3.12. The monoisotopic (exact) mass is 212 g/mol. The standard InChI is InChI=1S/C13H9FN2/c14-13-9-16-8-6-12(13)11-3-1-10(2-4-11)5-7-15/h1-4,6,8-9H,5H2. The summed E-state index contributed by atoms with van der Waals surface area (Å²) in [6.45, 7) is 0. The molecule has 0 fully saturated rings. The molecule has 0 N–H and O–H groups in total. The van der Waals surface area contributed by atoms with Crippen LogP contribution in [0, 0.1) is 17.1 Å². The van der Waals surface area contributed by atoms with Gasteiger partial charge in [0, 0.05) is 11.8 Å². The molecule has 1 aromatic heterocycles. The van der Waals surface area contributed by atoms with Crippen molar-refractivity contribution >= 4 is 0 Å². The van der Waals surface area contributed by atoms with Crippen LogP contribution in [0.2, 0.25) is 0 Å². The van der Waals surface area contributed by atoms with E-state index >= 15 is 0 Å². The molecule has 1 aromatic carbocycles. The highest BCUT2D eigenvalue weighted by Gasteiger charge is 2.03. The lowest BCUT2D eigenvalue weighted by Gasteiger charge is -2.03. The molecule has 0 amide bonds. The fourth-order valence-electron chi connectivity index (χ4n) is 1.50. The lowest BCUT2D eigenvalue weighted by Crippen LogP contribution is -1.86. The third-order valence-electron chi connectivity index (χ3n) is 2.32. The number of benzene rings is 1. The first-order chi connectivity index (χ1) is 7.81. The van der Waals surface area contributed by atoms with Gasteiger partial charge in [0.25, 0.3) is 0 Å². The average molecular weight is 212 g/mol. The van der Waals surface area contributed by atoms with Crippen LogP contribution in [-0.4, -0.2) is 4.98 Å². The normalized spacial score (nSPS) is 9.75. The Labute approximate surface area is 93.0 Å².